The van der Waals surface area contributed by atoms with E-state index in [0.29, 0.717) is 13.1 Å². The number of carbonyl (C=O) groups is 2. The number of carbonyl (C=O) groups excluding carboxylic acids is 2. The van der Waals surface area contributed by atoms with Crippen LogP contribution in [0, 0.1) is 6.92 Å². The quantitative estimate of drug-likeness (QED) is 0.889. The van der Waals surface area contributed by atoms with E-state index in [1.54, 1.807) is 0 Å². The predicted octanol–water partition coefficient (Wildman–Crippen LogP) is 2.10. The van der Waals surface area contributed by atoms with E-state index in [0.717, 1.165) is 17.4 Å². The van der Waals surface area contributed by atoms with E-state index in [1.165, 1.54) is 10.5 Å². The monoisotopic (exact) mass is 250 g/mol. The Bertz CT molecular complexity index is 415. The Balaban J connectivity index is 1.81. The average molecular weight is 250 g/mol. The van der Waals surface area contributed by atoms with Gasteiger partial charge in [0.2, 0.25) is 5.91 Å². The molecule has 0 unspecified atom stereocenters. The Morgan fingerprint density at radius 1 is 1.29 bits per heavy atom. The number of aryl methyl sites for hydroxylation is 1. The van der Waals surface area contributed by atoms with Gasteiger partial charge >= 0.3 is 0 Å². The third-order valence-electron chi connectivity index (χ3n) is 2.56. The first kappa shape index (κ1) is 12.0. The largest absolute Gasteiger partial charge is 0.383 e. The number of amides is 2. The van der Waals surface area contributed by atoms with Crippen LogP contribution in [-0.4, -0.2) is 34.9 Å². The highest BCUT2D eigenvalue weighted by molar-refractivity contribution is 8.14. The first-order valence-corrected chi connectivity index (χ1v) is 6.43. The van der Waals surface area contributed by atoms with Crippen LogP contribution >= 0.6 is 11.8 Å². The van der Waals surface area contributed by atoms with Gasteiger partial charge in [-0.3, -0.25) is 14.5 Å². The highest BCUT2D eigenvalue weighted by atomic mass is 32.2. The zero-order valence-electron chi connectivity index (χ0n) is 9.60. The molecule has 0 aromatic heterocycles. The summed E-state index contributed by atoms with van der Waals surface area (Å²) in [6, 6.07) is 8.00. The highest BCUT2D eigenvalue weighted by Gasteiger charge is 2.28. The van der Waals surface area contributed by atoms with Crippen LogP contribution in [0.25, 0.3) is 0 Å². The molecule has 90 valence electrons. The molecule has 1 aliphatic heterocycles. The number of hydrogen-bond donors (Lipinski definition) is 1. The van der Waals surface area contributed by atoms with Crippen LogP contribution in [0.15, 0.2) is 24.3 Å². The predicted molar refractivity (Wildman–Crippen MR) is 69.2 cm³/mol. The van der Waals surface area contributed by atoms with Crippen molar-refractivity contribution in [3.8, 4) is 0 Å². The van der Waals surface area contributed by atoms with Gasteiger partial charge in [0.1, 0.15) is 0 Å². The molecule has 17 heavy (non-hydrogen) atoms. The third kappa shape index (κ3) is 3.00. The summed E-state index contributed by atoms with van der Waals surface area (Å²) in [7, 11) is 0. The standard InChI is InChI=1S/C12H14N2O2S/c1-9-2-4-10(5-3-9)13-6-7-14-11(15)8-17-12(14)16/h2-5,13H,6-8H2,1H3. The number of hydrogen-bond acceptors (Lipinski definition) is 4. The Hall–Kier alpha value is -1.49. The second kappa shape index (κ2) is 5.23. The van der Waals surface area contributed by atoms with E-state index in [2.05, 4.69) is 5.32 Å². The number of imide groups is 1. The molecule has 0 spiro atoms. The van der Waals surface area contributed by atoms with Crippen molar-refractivity contribution in [3.05, 3.63) is 29.8 Å². The van der Waals surface area contributed by atoms with Crippen molar-refractivity contribution in [2.24, 2.45) is 0 Å². The number of anilines is 1. The summed E-state index contributed by atoms with van der Waals surface area (Å²) in [6.07, 6.45) is 0. The third-order valence-corrected chi connectivity index (χ3v) is 3.42. The Morgan fingerprint density at radius 3 is 2.59 bits per heavy atom. The lowest BCUT2D eigenvalue weighted by Crippen LogP contribution is -2.33. The van der Waals surface area contributed by atoms with Gasteiger partial charge in [-0.15, -0.1) is 0 Å². The summed E-state index contributed by atoms with van der Waals surface area (Å²) >= 11 is 1.07. The molecule has 0 saturated carbocycles. The Kier molecular flexibility index (Phi) is 3.68. The number of benzene rings is 1. The molecule has 0 radical (unpaired) electrons. The summed E-state index contributed by atoms with van der Waals surface area (Å²) in [5.41, 5.74) is 2.21. The van der Waals surface area contributed by atoms with Gasteiger partial charge in [-0.2, -0.15) is 0 Å². The summed E-state index contributed by atoms with van der Waals surface area (Å²) < 4.78 is 0. The molecule has 1 fully saturated rings. The van der Waals surface area contributed by atoms with E-state index in [-0.39, 0.29) is 16.9 Å². The number of rotatable bonds is 4. The SMILES string of the molecule is Cc1ccc(NCCN2C(=O)CSC2=O)cc1. The lowest BCUT2D eigenvalue weighted by Gasteiger charge is -2.13. The molecule has 1 saturated heterocycles. The van der Waals surface area contributed by atoms with Crippen LogP contribution in [0.5, 0.6) is 0 Å². The minimum Gasteiger partial charge on any atom is -0.383 e. The van der Waals surface area contributed by atoms with Crippen LogP contribution in [-0.2, 0) is 4.79 Å². The second-order valence-electron chi connectivity index (χ2n) is 3.89. The maximum Gasteiger partial charge on any atom is 0.288 e. The summed E-state index contributed by atoms with van der Waals surface area (Å²) in [4.78, 5) is 23.9. The van der Waals surface area contributed by atoms with Gasteiger partial charge in [-0.1, -0.05) is 29.5 Å². The molecule has 2 rings (SSSR count). The van der Waals surface area contributed by atoms with E-state index >= 15 is 0 Å². The van der Waals surface area contributed by atoms with Crippen LogP contribution in [0.3, 0.4) is 0 Å². The number of thioether (sulfide) groups is 1. The smallest absolute Gasteiger partial charge is 0.288 e. The molecular weight excluding hydrogens is 236 g/mol. The van der Waals surface area contributed by atoms with Crippen molar-refractivity contribution in [1.82, 2.24) is 4.90 Å². The number of nitrogens with one attached hydrogen (secondary N) is 1. The van der Waals surface area contributed by atoms with Gasteiger partial charge < -0.3 is 5.32 Å². The molecule has 0 bridgehead atoms. The Labute approximate surface area is 104 Å². The topological polar surface area (TPSA) is 49.4 Å². The Morgan fingerprint density at radius 2 is 2.00 bits per heavy atom. The molecule has 1 aromatic rings. The van der Waals surface area contributed by atoms with Crippen molar-refractivity contribution >= 4 is 28.6 Å². The van der Waals surface area contributed by atoms with Gasteiger partial charge in [0.25, 0.3) is 5.24 Å². The summed E-state index contributed by atoms with van der Waals surface area (Å²) in [5.74, 6) is 0.189. The normalized spacial score (nSPS) is 15.5. The minimum atomic E-state index is -0.138. The molecule has 1 aromatic carbocycles. The highest BCUT2D eigenvalue weighted by Crippen LogP contribution is 2.18. The molecular formula is C12H14N2O2S. The molecule has 1 aliphatic rings. The average Bonchev–Trinajstić information content (AvgIpc) is 2.63. The first-order valence-electron chi connectivity index (χ1n) is 5.44. The fourth-order valence-corrected chi connectivity index (χ4v) is 2.33. The summed E-state index contributed by atoms with van der Waals surface area (Å²) in [5, 5.41) is 3.05. The van der Waals surface area contributed by atoms with Crippen LogP contribution < -0.4 is 5.32 Å². The molecule has 2 amide bonds. The summed E-state index contributed by atoms with van der Waals surface area (Å²) in [6.45, 7) is 3.04. The van der Waals surface area contributed by atoms with Gasteiger partial charge in [-0.05, 0) is 19.1 Å². The second-order valence-corrected chi connectivity index (χ2v) is 4.82. The molecule has 1 N–H and O–H groups in total. The van der Waals surface area contributed by atoms with Crippen molar-refractivity contribution in [1.29, 1.82) is 0 Å². The lowest BCUT2D eigenvalue weighted by molar-refractivity contribution is -0.124. The van der Waals surface area contributed by atoms with Crippen molar-refractivity contribution in [2.75, 3.05) is 24.2 Å². The van der Waals surface area contributed by atoms with Crippen LogP contribution in [0.4, 0.5) is 10.5 Å². The maximum atomic E-state index is 11.3. The maximum absolute atomic E-state index is 11.3. The lowest BCUT2D eigenvalue weighted by atomic mass is 10.2. The molecule has 0 aliphatic carbocycles. The van der Waals surface area contributed by atoms with Crippen molar-refractivity contribution in [2.45, 2.75) is 6.92 Å². The minimum absolute atomic E-state index is 0.0919. The fraction of sp³-hybridized carbons (Fsp3) is 0.333. The van der Waals surface area contributed by atoms with Crippen LogP contribution in [0.1, 0.15) is 5.56 Å². The van der Waals surface area contributed by atoms with Crippen LogP contribution in [0.2, 0.25) is 0 Å². The van der Waals surface area contributed by atoms with Gasteiger partial charge in [0, 0.05) is 18.8 Å². The van der Waals surface area contributed by atoms with E-state index in [1.807, 2.05) is 31.2 Å². The van der Waals surface area contributed by atoms with Crippen molar-refractivity contribution < 1.29 is 9.59 Å². The molecule has 0 atom stereocenters. The molecule has 5 heteroatoms. The van der Waals surface area contributed by atoms with Gasteiger partial charge in [0.05, 0.1) is 5.75 Å². The number of nitrogens with zero attached hydrogens (tertiary/aromatic N) is 1. The zero-order valence-corrected chi connectivity index (χ0v) is 10.4. The van der Waals surface area contributed by atoms with Gasteiger partial charge in [-0.25, -0.2) is 0 Å². The molecule has 1 heterocycles. The van der Waals surface area contributed by atoms with E-state index in [4.69, 9.17) is 0 Å². The first-order chi connectivity index (χ1) is 8.16. The van der Waals surface area contributed by atoms with E-state index < -0.39 is 0 Å². The fourth-order valence-electron chi connectivity index (χ4n) is 1.58. The zero-order chi connectivity index (χ0) is 12.3. The van der Waals surface area contributed by atoms with Gasteiger partial charge in [0.15, 0.2) is 0 Å². The van der Waals surface area contributed by atoms with Crippen molar-refractivity contribution in [3.63, 3.8) is 0 Å². The molecule has 4 nitrogen and oxygen atoms in total. The van der Waals surface area contributed by atoms with E-state index in [9.17, 15) is 9.59 Å².